The van der Waals surface area contributed by atoms with E-state index in [0.717, 1.165) is 32.2 Å². The van der Waals surface area contributed by atoms with Gasteiger partial charge in [-0.15, -0.1) is 11.6 Å². The Morgan fingerprint density at radius 3 is 3.06 bits per heavy atom. The van der Waals surface area contributed by atoms with Crippen LogP contribution in [0.5, 0.6) is 0 Å². The maximum absolute atomic E-state index is 6.21. The van der Waals surface area contributed by atoms with Gasteiger partial charge in [0.1, 0.15) is 5.82 Å². The van der Waals surface area contributed by atoms with E-state index < -0.39 is 0 Å². The minimum Gasteiger partial charge on any atom is -0.335 e. The van der Waals surface area contributed by atoms with Crippen molar-refractivity contribution in [2.75, 3.05) is 0 Å². The van der Waals surface area contributed by atoms with E-state index in [1.807, 2.05) is 6.20 Å². The van der Waals surface area contributed by atoms with Gasteiger partial charge in [-0.1, -0.05) is 13.8 Å². The van der Waals surface area contributed by atoms with Gasteiger partial charge in [0.25, 0.3) is 0 Å². The predicted molar refractivity (Wildman–Crippen MR) is 67.8 cm³/mol. The molecule has 2 nitrogen and oxygen atoms in total. The van der Waals surface area contributed by atoms with Crippen molar-refractivity contribution < 1.29 is 0 Å². The van der Waals surface area contributed by atoms with E-state index in [1.165, 1.54) is 12.2 Å². The van der Waals surface area contributed by atoms with Crippen LogP contribution in [0.25, 0.3) is 0 Å². The molecule has 1 aliphatic rings. The highest BCUT2D eigenvalue weighted by molar-refractivity contribution is 6.20. The van der Waals surface area contributed by atoms with E-state index in [-0.39, 0.29) is 0 Å². The van der Waals surface area contributed by atoms with Crippen LogP contribution in [0.15, 0.2) is 12.4 Å². The lowest BCUT2D eigenvalue weighted by atomic mass is 9.85. The van der Waals surface area contributed by atoms with Gasteiger partial charge in [-0.3, -0.25) is 0 Å². The first kappa shape index (κ1) is 12.0. The van der Waals surface area contributed by atoms with Gasteiger partial charge in [-0.25, -0.2) is 4.98 Å². The second-order valence-electron chi connectivity index (χ2n) is 5.36. The van der Waals surface area contributed by atoms with Crippen molar-refractivity contribution in [3.05, 3.63) is 18.2 Å². The van der Waals surface area contributed by atoms with Gasteiger partial charge in [-0.2, -0.15) is 0 Å². The average Bonchev–Trinajstić information content (AvgIpc) is 2.76. The summed E-state index contributed by atoms with van der Waals surface area (Å²) < 4.78 is 2.28. The van der Waals surface area contributed by atoms with Crippen molar-refractivity contribution in [3.63, 3.8) is 0 Å². The second-order valence-corrected chi connectivity index (χ2v) is 5.98. The molecule has 2 unspecified atom stereocenters. The third kappa shape index (κ3) is 2.60. The first-order chi connectivity index (χ1) is 7.63. The topological polar surface area (TPSA) is 17.8 Å². The van der Waals surface area contributed by atoms with Gasteiger partial charge >= 0.3 is 0 Å². The van der Waals surface area contributed by atoms with Crippen LogP contribution in [0.1, 0.15) is 45.4 Å². The number of alkyl halides is 1. The molecular formula is C13H21ClN2. The number of rotatable bonds is 4. The molecule has 16 heavy (non-hydrogen) atoms. The summed E-state index contributed by atoms with van der Waals surface area (Å²) in [5.41, 5.74) is 0.364. The first-order valence-electron chi connectivity index (χ1n) is 6.27. The van der Waals surface area contributed by atoms with Crippen LogP contribution in [-0.2, 0) is 13.0 Å². The molecule has 1 aliphatic carbocycles. The first-order valence-corrected chi connectivity index (χ1v) is 6.71. The lowest BCUT2D eigenvalue weighted by molar-refractivity contribution is 0.322. The van der Waals surface area contributed by atoms with Crippen molar-refractivity contribution in [2.24, 2.45) is 5.41 Å². The zero-order valence-corrected chi connectivity index (χ0v) is 11.0. The molecule has 0 N–H and O–H groups in total. The Bertz CT molecular complexity index is 347. The number of nitrogens with zero attached hydrogens (tertiary/aromatic N) is 2. The SMILES string of the molecule is CCCn1ccnc1CC1(C)CCC(Cl)C1. The minimum absolute atomic E-state index is 0.364. The Balaban J connectivity index is 2.05. The summed E-state index contributed by atoms with van der Waals surface area (Å²) >= 11 is 6.21. The standard InChI is InChI=1S/C13H21ClN2/c1-3-7-16-8-6-15-12(16)10-13(2)5-4-11(14)9-13/h6,8,11H,3-5,7,9-10H2,1-2H3. The molecule has 2 rings (SSSR count). The van der Waals surface area contributed by atoms with Crippen LogP contribution < -0.4 is 0 Å². The third-order valence-electron chi connectivity index (χ3n) is 3.63. The van der Waals surface area contributed by atoms with Crippen molar-refractivity contribution in [1.82, 2.24) is 9.55 Å². The molecule has 0 radical (unpaired) electrons. The van der Waals surface area contributed by atoms with Crippen LogP contribution in [0.4, 0.5) is 0 Å². The quantitative estimate of drug-likeness (QED) is 0.735. The van der Waals surface area contributed by atoms with Crippen LogP contribution >= 0.6 is 11.6 Å². The number of halogens is 1. The summed E-state index contributed by atoms with van der Waals surface area (Å²) in [5.74, 6) is 1.23. The van der Waals surface area contributed by atoms with Crippen molar-refractivity contribution >= 4 is 11.6 Å². The monoisotopic (exact) mass is 240 g/mol. The maximum Gasteiger partial charge on any atom is 0.109 e. The van der Waals surface area contributed by atoms with Crippen molar-refractivity contribution in [3.8, 4) is 0 Å². The second kappa shape index (κ2) is 4.79. The van der Waals surface area contributed by atoms with Gasteiger partial charge in [0, 0.05) is 30.7 Å². The Hall–Kier alpha value is -0.500. The molecule has 90 valence electrons. The molecule has 0 spiro atoms. The molecular weight excluding hydrogens is 220 g/mol. The molecule has 1 aromatic rings. The molecule has 1 aromatic heterocycles. The Kier molecular flexibility index (Phi) is 3.58. The maximum atomic E-state index is 6.21. The van der Waals surface area contributed by atoms with Crippen LogP contribution in [0.3, 0.4) is 0 Å². The number of imidazole rings is 1. The minimum atomic E-state index is 0.364. The molecule has 0 aromatic carbocycles. The molecule has 0 bridgehead atoms. The van der Waals surface area contributed by atoms with E-state index in [2.05, 4.69) is 29.6 Å². The Morgan fingerprint density at radius 2 is 2.44 bits per heavy atom. The molecule has 3 heteroatoms. The van der Waals surface area contributed by atoms with Crippen LogP contribution in [-0.4, -0.2) is 14.9 Å². The van der Waals surface area contributed by atoms with E-state index >= 15 is 0 Å². The lowest BCUT2D eigenvalue weighted by Crippen LogP contribution is -2.19. The number of hydrogen-bond acceptors (Lipinski definition) is 1. The van der Waals surface area contributed by atoms with Crippen molar-refractivity contribution in [2.45, 2.75) is 57.9 Å². The van der Waals surface area contributed by atoms with Gasteiger partial charge in [-0.05, 0) is 31.1 Å². The van der Waals surface area contributed by atoms with Crippen LogP contribution in [0.2, 0.25) is 0 Å². The van der Waals surface area contributed by atoms with Crippen molar-refractivity contribution in [1.29, 1.82) is 0 Å². The molecule has 2 atom stereocenters. The zero-order valence-electron chi connectivity index (χ0n) is 10.2. The molecule has 0 amide bonds. The molecule has 1 heterocycles. The summed E-state index contributed by atoms with van der Waals surface area (Å²) in [6.07, 6.45) is 9.78. The van der Waals surface area contributed by atoms with Gasteiger partial charge in [0.05, 0.1) is 0 Å². The van der Waals surface area contributed by atoms with E-state index in [9.17, 15) is 0 Å². The largest absolute Gasteiger partial charge is 0.335 e. The summed E-state index contributed by atoms with van der Waals surface area (Å²) in [7, 11) is 0. The predicted octanol–water partition coefficient (Wildman–Crippen LogP) is 3.63. The average molecular weight is 241 g/mol. The Labute approximate surface area is 103 Å². The lowest BCUT2D eigenvalue weighted by Gasteiger charge is -2.23. The fourth-order valence-corrected chi connectivity index (χ4v) is 3.22. The molecule has 1 saturated carbocycles. The third-order valence-corrected chi connectivity index (χ3v) is 4.00. The molecule has 0 saturated heterocycles. The van der Waals surface area contributed by atoms with Gasteiger partial charge in [0.2, 0.25) is 0 Å². The van der Waals surface area contributed by atoms with Crippen LogP contribution in [0, 0.1) is 5.41 Å². The zero-order chi connectivity index (χ0) is 11.6. The summed E-state index contributed by atoms with van der Waals surface area (Å²) in [6, 6.07) is 0. The number of aromatic nitrogens is 2. The molecule has 0 aliphatic heterocycles. The summed E-state index contributed by atoms with van der Waals surface area (Å²) in [5, 5.41) is 0.375. The highest BCUT2D eigenvalue weighted by Crippen LogP contribution is 2.42. The fraction of sp³-hybridized carbons (Fsp3) is 0.769. The smallest absolute Gasteiger partial charge is 0.109 e. The highest BCUT2D eigenvalue weighted by atomic mass is 35.5. The normalized spacial score (nSPS) is 29.8. The summed E-state index contributed by atoms with van der Waals surface area (Å²) in [6.45, 7) is 5.63. The van der Waals surface area contributed by atoms with Gasteiger partial charge < -0.3 is 4.57 Å². The highest BCUT2D eigenvalue weighted by Gasteiger charge is 2.35. The number of aryl methyl sites for hydroxylation is 1. The Morgan fingerprint density at radius 1 is 1.62 bits per heavy atom. The molecule has 1 fully saturated rings. The van der Waals surface area contributed by atoms with Gasteiger partial charge in [0.15, 0.2) is 0 Å². The van der Waals surface area contributed by atoms with E-state index in [1.54, 1.807) is 0 Å². The summed E-state index contributed by atoms with van der Waals surface area (Å²) in [4.78, 5) is 4.49. The number of hydrogen-bond donors (Lipinski definition) is 0. The van der Waals surface area contributed by atoms with E-state index in [0.29, 0.717) is 10.8 Å². The van der Waals surface area contributed by atoms with E-state index in [4.69, 9.17) is 11.6 Å². The fourth-order valence-electron chi connectivity index (χ4n) is 2.74.